The number of amides is 1. The van der Waals surface area contributed by atoms with Crippen LogP contribution in [0.15, 0.2) is 42.7 Å². The van der Waals surface area contributed by atoms with Gasteiger partial charge in [0.1, 0.15) is 0 Å². The molecule has 0 unspecified atom stereocenters. The summed E-state index contributed by atoms with van der Waals surface area (Å²) in [5, 5.41) is 7.09. The van der Waals surface area contributed by atoms with Crippen LogP contribution < -0.4 is 5.32 Å². The number of carbonyl (C=O) groups excluding carboxylic acids is 1. The van der Waals surface area contributed by atoms with Gasteiger partial charge in [-0.3, -0.25) is 4.79 Å². The molecule has 0 bridgehead atoms. The topological polar surface area (TPSA) is 50.2 Å². The van der Waals surface area contributed by atoms with Gasteiger partial charge in [-0.25, -0.2) is 4.68 Å². The lowest BCUT2D eigenvalue weighted by Gasteiger charge is -2.10. The molecule has 1 amide bonds. The lowest BCUT2D eigenvalue weighted by Crippen LogP contribution is -2.27. The van der Waals surface area contributed by atoms with Crippen molar-refractivity contribution in [3.63, 3.8) is 0 Å². The Morgan fingerprint density at radius 1 is 1.35 bits per heavy atom. The fourth-order valence-corrected chi connectivity index (χ4v) is 1.91. The Morgan fingerprint density at radius 3 is 2.90 bits per heavy atom. The molecule has 0 aliphatic carbocycles. The molecule has 0 spiro atoms. The molecule has 0 aliphatic rings. The van der Waals surface area contributed by atoms with Gasteiger partial charge < -0.3 is 10.2 Å². The van der Waals surface area contributed by atoms with Crippen molar-refractivity contribution in [2.75, 3.05) is 27.2 Å². The minimum absolute atomic E-state index is 0.0437. The van der Waals surface area contributed by atoms with Gasteiger partial charge in [-0.15, -0.1) is 0 Å². The minimum Gasteiger partial charge on any atom is -0.352 e. The van der Waals surface area contributed by atoms with Crippen LogP contribution in [0.4, 0.5) is 0 Å². The molecule has 0 aliphatic heterocycles. The molecule has 0 atom stereocenters. The fraction of sp³-hybridized carbons (Fsp3) is 0.333. The zero-order chi connectivity index (χ0) is 14.4. The van der Waals surface area contributed by atoms with Crippen molar-refractivity contribution in [2.24, 2.45) is 0 Å². The summed E-state index contributed by atoms with van der Waals surface area (Å²) in [5.74, 6) is -0.0437. The predicted molar refractivity (Wildman–Crippen MR) is 79.1 cm³/mol. The Labute approximate surface area is 119 Å². The number of rotatable bonds is 6. The molecule has 5 nitrogen and oxygen atoms in total. The van der Waals surface area contributed by atoms with Gasteiger partial charge in [0.25, 0.3) is 5.91 Å². The van der Waals surface area contributed by atoms with Crippen LogP contribution in [0.1, 0.15) is 16.8 Å². The van der Waals surface area contributed by atoms with E-state index in [4.69, 9.17) is 0 Å². The first-order chi connectivity index (χ1) is 9.66. The predicted octanol–water partition coefficient (Wildman–Crippen LogP) is 1.55. The van der Waals surface area contributed by atoms with Crippen LogP contribution in [-0.4, -0.2) is 47.8 Å². The van der Waals surface area contributed by atoms with Crippen molar-refractivity contribution in [1.29, 1.82) is 0 Å². The van der Waals surface area contributed by atoms with Crippen LogP contribution in [0.2, 0.25) is 0 Å². The van der Waals surface area contributed by atoms with E-state index in [9.17, 15) is 4.79 Å². The Balaban J connectivity index is 1.95. The highest BCUT2D eigenvalue weighted by atomic mass is 16.1. The third-order valence-electron chi connectivity index (χ3n) is 2.94. The van der Waals surface area contributed by atoms with Crippen LogP contribution in [0.3, 0.4) is 0 Å². The molecule has 1 aromatic heterocycles. The van der Waals surface area contributed by atoms with Gasteiger partial charge >= 0.3 is 0 Å². The first-order valence-corrected chi connectivity index (χ1v) is 6.70. The minimum atomic E-state index is -0.0437. The summed E-state index contributed by atoms with van der Waals surface area (Å²) in [6.07, 6.45) is 4.51. The molecular weight excluding hydrogens is 252 g/mol. The van der Waals surface area contributed by atoms with Gasteiger partial charge in [0.05, 0.1) is 5.69 Å². The zero-order valence-electron chi connectivity index (χ0n) is 11.9. The van der Waals surface area contributed by atoms with Crippen LogP contribution >= 0.6 is 0 Å². The number of carbonyl (C=O) groups is 1. The normalized spacial score (nSPS) is 10.8. The van der Waals surface area contributed by atoms with E-state index in [0.29, 0.717) is 12.1 Å². The van der Waals surface area contributed by atoms with Gasteiger partial charge in [0, 0.05) is 24.5 Å². The van der Waals surface area contributed by atoms with Crippen molar-refractivity contribution in [3.05, 3.63) is 48.3 Å². The average Bonchev–Trinajstić information content (AvgIpc) is 2.97. The molecular formula is C15H20N4O. The Morgan fingerprint density at radius 2 is 2.20 bits per heavy atom. The van der Waals surface area contributed by atoms with Crippen molar-refractivity contribution >= 4 is 5.91 Å². The fourth-order valence-electron chi connectivity index (χ4n) is 1.91. The smallest absolute Gasteiger partial charge is 0.251 e. The number of hydrogen-bond donors (Lipinski definition) is 1. The Kier molecular flexibility index (Phi) is 4.90. The van der Waals surface area contributed by atoms with Gasteiger partial charge in [0.15, 0.2) is 0 Å². The van der Waals surface area contributed by atoms with Crippen LogP contribution in [0, 0.1) is 0 Å². The third kappa shape index (κ3) is 3.93. The molecule has 5 heteroatoms. The van der Waals surface area contributed by atoms with E-state index in [2.05, 4.69) is 15.3 Å². The maximum atomic E-state index is 12.1. The van der Waals surface area contributed by atoms with Gasteiger partial charge in [0.2, 0.25) is 0 Å². The van der Waals surface area contributed by atoms with Gasteiger partial charge in [-0.1, -0.05) is 6.07 Å². The molecule has 1 aromatic carbocycles. The average molecular weight is 272 g/mol. The number of nitrogens with zero attached hydrogens (tertiary/aromatic N) is 3. The first-order valence-electron chi connectivity index (χ1n) is 6.70. The molecule has 0 radical (unpaired) electrons. The highest BCUT2D eigenvalue weighted by molar-refractivity contribution is 5.94. The first kappa shape index (κ1) is 14.3. The van der Waals surface area contributed by atoms with E-state index in [0.717, 1.165) is 18.7 Å². The van der Waals surface area contributed by atoms with Crippen molar-refractivity contribution in [2.45, 2.75) is 6.42 Å². The molecule has 2 rings (SSSR count). The molecule has 2 aromatic rings. The van der Waals surface area contributed by atoms with E-state index >= 15 is 0 Å². The number of aromatic nitrogens is 2. The second-order valence-electron chi connectivity index (χ2n) is 4.91. The van der Waals surface area contributed by atoms with Crippen molar-refractivity contribution in [1.82, 2.24) is 20.0 Å². The highest BCUT2D eigenvalue weighted by Gasteiger charge is 2.06. The molecule has 0 saturated heterocycles. The largest absolute Gasteiger partial charge is 0.352 e. The number of benzene rings is 1. The Bertz CT molecular complexity index is 549. The second-order valence-corrected chi connectivity index (χ2v) is 4.91. The lowest BCUT2D eigenvalue weighted by molar-refractivity contribution is 0.0952. The highest BCUT2D eigenvalue weighted by Crippen LogP contribution is 2.09. The van der Waals surface area contributed by atoms with Crippen molar-refractivity contribution in [3.8, 4) is 5.69 Å². The van der Waals surface area contributed by atoms with Crippen molar-refractivity contribution < 1.29 is 4.79 Å². The summed E-state index contributed by atoms with van der Waals surface area (Å²) < 4.78 is 1.74. The summed E-state index contributed by atoms with van der Waals surface area (Å²) in [5.41, 5.74) is 1.54. The number of hydrogen-bond acceptors (Lipinski definition) is 3. The van der Waals surface area contributed by atoms with E-state index in [1.165, 1.54) is 0 Å². The molecule has 106 valence electrons. The molecule has 1 heterocycles. The van der Waals surface area contributed by atoms with Crippen LogP contribution in [0.5, 0.6) is 0 Å². The molecule has 0 saturated carbocycles. The maximum absolute atomic E-state index is 12.1. The van der Waals surface area contributed by atoms with Gasteiger partial charge in [-0.2, -0.15) is 5.10 Å². The second kappa shape index (κ2) is 6.86. The molecule has 1 N–H and O–H groups in total. The summed E-state index contributed by atoms with van der Waals surface area (Å²) in [6, 6.07) is 9.30. The summed E-state index contributed by atoms with van der Waals surface area (Å²) in [4.78, 5) is 14.2. The summed E-state index contributed by atoms with van der Waals surface area (Å²) in [7, 11) is 4.05. The number of nitrogens with one attached hydrogen (secondary N) is 1. The summed E-state index contributed by atoms with van der Waals surface area (Å²) in [6.45, 7) is 1.65. The SMILES string of the molecule is CN(C)CCCNC(=O)c1cccc(-n2cccn2)c1. The quantitative estimate of drug-likeness (QED) is 0.812. The monoisotopic (exact) mass is 272 g/mol. The third-order valence-corrected chi connectivity index (χ3v) is 2.94. The van der Waals surface area contributed by atoms with E-state index in [1.54, 1.807) is 10.9 Å². The van der Waals surface area contributed by atoms with E-state index < -0.39 is 0 Å². The Hall–Kier alpha value is -2.14. The van der Waals surface area contributed by atoms with Crippen LogP contribution in [0.25, 0.3) is 5.69 Å². The summed E-state index contributed by atoms with van der Waals surface area (Å²) >= 11 is 0. The van der Waals surface area contributed by atoms with E-state index in [-0.39, 0.29) is 5.91 Å². The van der Waals surface area contributed by atoms with Gasteiger partial charge in [-0.05, 0) is 51.3 Å². The maximum Gasteiger partial charge on any atom is 0.251 e. The zero-order valence-corrected chi connectivity index (χ0v) is 11.9. The lowest BCUT2D eigenvalue weighted by atomic mass is 10.2. The molecule has 20 heavy (non-hydrogen) atoms. The van der Waals surface area contributed by atoms with E-state index in [1.807, 2.05) is 50.6 Å². The standard InChI is InChI=1S/C15H20N4O/c1-18(2)10-4-8-16-15(20)13-6-3-7-14(12-13)19-11-5-9-17-19/h3,5-7,9,11-12H,4,8,10H2,1-2H3,(H,16,20). The van der Waals surface area contributed by atoms with Crippen LogP contribution in [-0.2, 0) is 0 Å². The molecule has 0 fully saturated rings.